The summed E-state index contributed by atoms with van der Waals surface area (Å²) in [6.07, 6.45) is 6.11. The van der Waals surface area contributed by atoms with Gasteiger partial charge < -0.3 is 19.1 Å². The predicted molar refractivity (Wildman–Crippen MR) is 148 cm³/mol. The maximum absolute atomic E-state index is 14.0. The lowest BCUT2D eigenvalue weighted by Gasteiger charge is -2.16. The zero-order valence-electron chi connectivity index (χ0n) is 23.1. The molecule has 0 bridgehead atoms. The fourth-order valence-corrected chi connectivity index (χ4v) is 5.42. The van der Waals surface area contributed by atoms with Crippen molar-refractivity contribution in [1.82, 2.24) is 23.6 Å². The number of methoxy groups -OCH3 is 3. The van der Waals surface area contributed by atoms with Crippen molar-refractivity contribution >= 4 is 22.9 Å². The van der Waals surface area contributed by atoms with Gasteiger partial charge in [-0.05, 0) is 61.6 Å². The van der Waals surface area contributed by atoms with Crippen molar-refractivity contribution in [2.45, 2.75) is 58.2 Å². The minimum absolute atomic E-state index is 0.263. The molecule has 3 aliphatic rings. The zero-order chi connectivity index (χ0) is 27.3. The van der Waals surface area contributed by atoms with Crippen LogP contribution >= 0.6 is 0 Å². The van der Waals surface area contributed by atoms with Gasteiger partial charge in [-0.25, -0.2) is 4.79 Å². The average molecular weight is 537 g/mol. The molecule has 2 saturated carbocycles. The number of fused-ring (bicyclic) bond motifs is 1. The van der Waals surface area contributed by atoms with E-state index in [2.05, 4.69) is 4.90 Å². The summed E-state index contributed by atoms with van der Waals surface area (Å²) >= 11 is 0. The highest BCUT2D eigenvalue weighted by Gasteiger charge is 2.30. The molecule has 1 saturated heterocycles. The molecule has 0 atom stereocenters. The van der Waals surface area contributed by atoms with Crippen molar-refractivity contribution in [1.29, 1.82) is 0 Å². The molecule has 11 heteroatoms. The van der Waals surface area contributed by atoms with E-state index in [-0.39, 0.29) is 11.2 Å². The Morgan fingerprint density at radius 1 is 0.923 bits per heavy atom. The van der Waals surface area contributed by atoms with Crippen molar-refractivity contribution in [2.75, 3.05) is 34.9 Å². The first kappa shape index (κ1) is 25.5. The second-order valence-corrected chi connectivity index (χ2v) is 11.0. The van der Waals surface area contributed by atoms with Crippen LogP contribution in [0.5, 0.6) is 17.2 Å². The highest BCUT2D eigenvalue weighted by molar-refractivity contribution is 5.86. The molecule has 1 aliphatic heterocycles. The number of aromatic nitrogens is 4. The molecule has 0 unspecified atom stereocenters. The number of aliphatic imine (C=N–C) groups is 1. The summed E-state index contributed by atoms with van der Waals surface area (Å²) in [4.78, 5) is 39.6. The lowest BCUT2D eigenvalue weighted by Crippen LogP contribution is -2.41. The molecule has 11 nitrogen and oxygen atoms in total. The molecule has 0 radical (unpaired) electrons. The highest BCUT2D eigenvalue weighted by atomic mass is 16.5. The number of likely N-dealkylation sites (tertiary alicyclic amines) is 1. The summed E-state index contributed by atoms with van der Waals surface area (Å²) in [5, 5.41) is 0. The van der Waals surface area contributed by atoms with Crippen LogP contribution in [0.25, 0.3) is 11.2 Å². The monoisotopic (exact) mass is 536 g/mol. The second-order valence-electron chi connectivity index (χ2n) is 11.0. The number of ether oxygens (including phenoxy) is 3. The molecule has 39 heavy (non-hydrogen) atoms. The number of rotatable bonds is 10. The topological polar surface area (TPSA) is 105 Å². The summed E-state index contributed by atoms with van der Waals surface area (Å²) in [7, 11) is 6.74. The summed E-state index contributed by atoms with van der Waals surface area (Å²) in [6, 6.07) is 3.74. The summed E-state index contributed by atoms with van der Waals surface area (Å²) in [6.45, 7) is 2.23. The molecule has 0 spiro atoms. The lowest BCUT2D eigenvalue weighted by atomic mass is 10.1. The van der Waals surface area contributed by atoms with Crippen LogP contribution in [0.15, 0.2) is 26.7 Å². The number of nitrogens with zero attached hydrogens (tertiary/aromatic N) is 6. The van der Waals surface area contributed by atoms with Crippen LogP contribution in [-0.4, -0.2) is 64.3 Å². The van der Waals surface area contributed by atoms with Crippen LogP contribution in [0.2, 0.25) is 0 Å². The van der Waals surface area contributed by atoms with E-state index in [4.69, 9.17) is 24.2 Å². The molecule has 3 aromatic rings. The molecule has 208 valence electrons. The third-order valence-electron chi connectivity index (χ3n) is 8.00. The normalized spacial score (nSPS) is 18.4. The zero-order valence-corrected chi connectivity index (χ0v) is 23.1. The fourth-order valence-electron chi connectivity index (χ4n) is 5.42. The minimum Gasteiger partial charge on any atom is -0.493 e. The van der Waals surface area contributed by atoms with E-state index in [0.29, 0.717) is 65.8 Å². The molecule has 0 amide bonds. The van der Waals surface area contributed by atoms with E-state index in [1.807, 2.05) is 23.7 Å². The molecule has 2 aliphatic carbocycles. The number of hydrogen-bond donors (Lipinski definition) is 0. The summed E-state index contributed by atoms with van der Waals surface area (Å²) in [5.74, 6) is 3.71. The van der Waals surface area contributed by atoms with Gasteiger partial charge in [0.05, 0.1) is 27.9 Å². The molecule has 3 fully saturated rings. The Bertz CT molecular complexity index is 1530. The van der Waals surface area contributed by atoms with Gasteiger partial charge in [0.2, 0.25) is 11.7 Å². The van der Waals surface area contributed by atoms with Crippen molar-refractivity contribution < 1.29 is 14.2 Å². The molecular formula is C28H36N6O5. The standard InChI is InChI=1S/C28H36N6O5/c1-31-11-5-6-22(31)29-27-30-25-23(32(27)16-19-12-20(37-2)24(39-4)21(13-19)38-3)26(35)34(15-18-9-10-18)28(36)33(25)14-17-7-8-17/h12-13,17-18H,5-11,14-16H2,1-4H3/b29-22-. The van der Waals surface area contributed by atoms with E-state index in [1.54, 1.807) is 25.9 Å². The number of amidine groups is 1. The Hall–Kier alpha value is -3.76. The van der Waals surface area contributed by atoms with Crippen molar-refractivity contribution in [3.63, 3.8) is 0 Å². The summed E-state index contributed by atoms with van der Waals surface area (Å²) < 4.78 is 21.7. The van der Waals surface area contributed by atoms with E-state index in [1.165, 1.54) is 4.57 Å². The van der Waals surface area contributed by atoms with Gasteiger partial charge in [-0.3, -0.25) is 18.5 Å². The van der Waals surface area contributed by atoms with Crippen LogP contribution in [0.4, 0.5) is 5.95 Å². The van der Waals surface area contributed by atoms with E-state index >= 15 is 0 Å². The third-order valence-corrected chi connectivity index (χ3v) is 8.00. The molecule has 1 aromatic carbocycles. The van der Waals surface area contributed by atoms with Gasteiger partial charge in [-0.1, -0.05) is 0 Å². The SMILES string of the molecule is COc1cc(Cn2c(/N=C3/CCCN3C)nc3c2c(=O)n(CC2CC2)c(=O)n3CC2CC2)cc(OC)c1OC. The molecule has 3 heterocycles. The van der Waals surface area contributed by atoms with Crippen LogP contribution in [0, 0.1) is 11.8 Å². The largest absolute Gasteiger partial charge is 0.493 e. The van der Waals surface area contributed by atoms with Crippen LogP contribution in [-0.2, 0) is 19.6 Å². The maximum atomic E-state index is 14.0. The summed E-state index contributed by atoms with van der Waals surface area (Å²) in [5.41, 5.74) is 1.08. The molecule has 6 rings (SSSR count). The first-order chi connectivity index (χ1) is 18.9. The van der Waals surface area contributed by atoms with Gasteiger partial charge in [0.15, 0.2) is 22.7 Å². The Morgan fingerprint density at radius 3 is 2.10 bits per heavy atom. The van der Waals surface area contributed by atoms with Gasteiger partial charge in [-0.15, -0.1) is 0 Å². The minimum atomic E-state index is -0.305. The lowest BCUT2D eigenvalue weighted by molar-refractivity contribution is 0.323. The smallest absolute Gasteiger partial charge is 0.332 e. The highest BCUT2D eigenvalue weighted by Crippen LogP contribution is 2.39. The Morgan fingerprint density at radius 2 is 1.56 bits per heavy atom. The van der Waals surface area contributed by atoms with Gasteiger partial charge in [0, 0.05) is 33.1 Å². The van der Waals surface area contributed by atoms with Crippen LogP contribution < -0.4 is 25.5 Å². The Balaban J connectivity index is 1.58. The van der Waals surface area contributed by atoms with Gasteiger partial charge in [0.25, 0.3) is 5.56 Å². The van der Waals surface area contributed by atoms with E-state index < -0.39 is 0 Å². The first-order valence-electron chi connectivity index (χ1n) is 13.7. The van der Waals surface area contributed by atoms with E-state index in [9.17, 15) is 9.59 Å². The first-order valence-corrected chi connectivity index (χ1v) is 13.7. The van der Waals surface area contributed by atoms with Crippen molar-refractivity contribution in [3.8, 4) is 17.2 Å². The quantitative estimate of drug-likeness (QED) is 0.392. The van der Waals surface area contributed by atoms with Crippen molar-refractivity contribution in [2.24, 2.45) is 16.8 Å². The third kappa shape index (κ3) is 4.79. The predicted octanol–water partition coefficient (Wildman–Crippen LogP) is 3.01. The second kappa shape index (κ2) is 10.1. The molecular weight excluding hydrogens is 500 g/mol. The maximum Gasteiger partial charge on any atom is 0.332 e. The molecule has 0 N–H and O–H groups in total. The molecule has 2 aromatic heterocycles. The van der Waals surface area contributed by atoms with Gasteiger partial charge >= 0.3 is 5.69 Å². The van der Waals surface area contributed by atoms with E-state index in [0.717, 1.165) is 56.5 Å². The number of benzene rings is 1. The number of hydrogen-bond acceptors (Lipinski definition) is 7. The van der Waals surface area contributed by atoms with Gasteiger partial charge in [-0.2, -0.15) is 9.98 Å². The van der Waals surface area contributed by atoms with Crippen molar-refractivity contribution in [3.05, 3.63) is 38.5 Å². The number of imidazole rings is 1. The van der Waals surface area contributed by atoms with Gasteiger partial charge in [0.1, 0.15) is 5.84 Å². The van der Waals surface area contributed by atoms with Crippen LogP contribution in [0.3, 0.4) is 0 Å². The Labute approximate surface area is 226 Å². The Kier molecular flexibility index (Phi) is 6.60. The average Bonchev–Trinajstić information content (AvgIpc) is 3.86. The fraction of sp³-hybridized carbons (Fsp3) is 0.571. The van der Waals surface area contributed by atoms with Crippen LogP contribution in [0.1, 0.15) is 44.1 Å².